The second-order valence-corrected chi connectivity index (χ2v) is 12.1. The van der Waals surface area contributed by atoms with Crippen LogP contribution in [-0.4, -0.2) is 88.8 Å². The van der Waals surface area contributed by atoms with Crippen LogP contribution in [0.1, 0.15) is 12.5 Å². The molecule has 23 heteroatoms. The summed E-state index contributed by atoms with van der Waals surface area (Å²) >= 11 is 0. The zero-order valence-electron chi connectivity index (χ0n) is 20.8. The molecule has 0 spiro atoms. The van der Waals surface area contributed by atoms with Gasteiger partial charge in [-0.15, -0.1) is 0 Å². The van der Waals surface area contributed by atoms with E-state index in [0.29, 0.717) is 4.57 Å². The Morgan fingerprint density at radius 1 is 0.929 bits per heavy atom. The van der Waals surface area contributed by atoms with Crippen LogP contribution in [0, 0.1) is 0 Å². The standard InChI is InChI=1S/C19H21F2N7O12P2/c20-10-13-7(37-17(10)27-2-1-9(29)26-19(27)30)3-35-42(33,34)40-14-8(4-36-41(31,32)39-13)38-18(11(14)21)28-6-25-12-15(22)23-5-24-16(12)28/h1-2,5-8,10-11,13-14,17-18H,3-4H2,(H,31,32)(H,33,34)(H2,22,23,24)(H,26,29,30)/t7-,8-,10-,11-,13-,14-,17-,18-/m1/s1. The average Bonchev–Trinajstić information content (AvgIpc) is 3.57. The molecule has 3 aliphatic rings. The molecule has 3 saturated heterocycles. The van der Waals surface area contributed by atoms with Crippen molar-refractivity contribution < 1.29 is 55.3 Å². The number of hydrogen-bond acceptors (Lipinski definition) is 14. The topological polar surface area (TPSA) is 254 Å². The molecule has 19 nitrogen and oxygen atoms in total. The van der Waals surface area contributed by atoms with Crippen molar-refractivity contribution in [2.45, 2.75) is 49.2 Å². The fraction of sp³-hybridized carbons (Fsp3) is 0.526. The number of alkyl halides is 2. The van der Waals surface area contributed by atoms with Crippen LogP contribution in [0.15, 0.2) is 34.5 Å². The number of ether oxygens (including phenoxy) is 2. The first-order chi connectivity index (χ1) is 19.8. The minimum atomic E-state index is -5.18. The lowest BCUT2D eigenvalue weighted by Gasteiger charge is -2.27. The largest absolute Gasteiger partial charge is 0.472 e. The maximum absolute atomic E-state index is 15.7. The van der Waals surface area contributed by atoms with Crippen LogP contribution in [0.3, 0.4) is 0 Å². The van der Waals surface area contributed by atoms with E-state index in [9.17, 15) is 28.5 Å². The lowest BCUT2D eigenvalue weighted by molar-refractivity contribution is -0.0672. The fourth-order valence-corrected chi connectivity index (χ4v) is 6.66. The molecule has 0 radical (unpaired) electrons. The van der Waals surface area contributed by atoms with E-state index in [1.165, 1.54) is 0 Å². The van der Waals surface area contributed by atoms with Crippen molar-refractivity contribution in [1.29, 1.82) is 0 Å². The van der Waals surface area contributed by atoms with Crippen molar-refractivity contribution in [3.63, 3.8) is 0 Å². The number of nitrogens with two attached hydrogens (primary N) is 1. The Kier molecular flexibility index (Phi) is 7.37. The summed E-state index contributed by atoms with van der Waals surface area (Å²) in [5.74, 6) is -0.0172. The normalized spacial score (nSPS) is 39.3. The first-order valence-corrected chi connectivity index (χ1v) is 15.0. The number of nitrogen functional groups attached to an aromatic ring is 1. The smallest absolute Gasteiger partial charge is 0.382 e. The lowest BCUT2D eigenvalue weighted by atomic mass is 10.1. The summed E-state index contributed by atoms with van der Waals surface area (Å²) in [6.45, 7) is -1.94. The highest BCUT2D eigenvalue weighted by atomic mass is 31.2. The van der Waals surface area contributed by atoms with Gasteiger partial charge in [-0.05, 0) is 0 Å². The van der Waals surface area contributed by atoms with Gasteiger partial charge >= 0.3 is 21.3 Å². The van der Waals surface area contributed by atoms with Gasteiger partial charge < -0.3 is 25.0 Å². The molecule has 5 N–H and O–H groups in total. The van der Waals surface area contributed by atoms with Crippen LogP contribution < -0.4 is 17.0 Å². The molecule has 10 atom stereocenters. The molecule has 228 valence electrons. The first kappa shape index (κ1) is 29.1. The molecule has 3 fully saturated rings. The predicted molar refractivity (Wildman–Crippen MR) is 130 cm³/mol. The highest BCUT2D eigenvalue weighted by Gasteiger charge is 2.55. The third kappa shape index (κ3) is 5.32. The van der Waals surface area contributed by atoms with E-state index in [1.54, 1.807) is 0 Å². The Balaban J connectivity index is 1.28. The van der Waals surface area contributed by atoms with Gasteiger partial charge in [-0.1, -0.05) is 0 Å². The van der Waals surface area contributed by atoms with Crippen molar-refractivity contribution in [3.05, 3.63) is 45.8 Å². The maximum Gasteiger partial charge on any atom is 0.472 e. The van der Waals surface area contributed by atoms with Crippen LogP contribution in [0.4, 0.5) is 14.6 Å². The molecule has 2 unspecified atom stereocenters. The molecule has 3 aromatic heterocycles. The van der Waals surface area contributed by atoms with Crippen molar-refractivity contribution in [3.8, 4) is 0 Å². The Morgan fingerprint density at radius 2 is 1.50 bits per heavy atom. The number of nitrogens with zero attached hydrogens (tertiary/aromatic N) is 5. The van der Waals surface area contributed by atoms with E-state index in [4.69, 9.17) is 33.3 Å². The van der Waals surface area contributed by atoms with E-state index in [2.05, 4.69) is 15.0 Å². The number of nitrogens with one attached hydrogen (secondary N) is 1. The number of imidazole rings is 1. The number of phosphoric acid groups is 2. The van der Waals surface area contributed by atoms with Crippen molar-refractivity contribution in [1.82, 2.24) is 29.1 Å². The van der Waals surface area contributed by atoms with Crippen LogP contribution in [0.25, 0.3) is 11.2 Å². The number of aromatic amines is 1. The monoisotopic (exact) mass is 639 g/mol. The van der Waals surface area contributed by atoms with E-state index in [0.717, 1.165) is 29.5 Å². The van der Waals surface area contributed by atoms with Crippen LogP contribution >= 0.6 is 15.6 Å². The molecular weight excluding hydrogens is 618 g/mol. The zero-order chi connectivity index (χ0) is 30.0. The van der Waals surface area contributed by atoms with Gasteiger partial charge in [-0.25, -0.2) is 37.7 Å². The fourth-order valence-electron chi connectivity index (χ4n) is 4.74. The Labute approximate surface area is 231 Å². The summed E-state index contributed by atoms with van der Waals surface area (Å²) in [6.07, 6.45) is -12.1. The lowest BCUT2D eigenvalue weighted by Crippen LogP contribution is -2.38. The van der Waals surface area contributed by atoms with Gasteiger partial charge in [0.25, 0.3) is 5.56 Å². The number of hydrogen-bond donors (Lipinski definition) is 4. The number of aromatic nitrogens is 6. The highest BCUT2D eigenvalue weighted by Crippen LogP contribution is 2.54. The van der Waals surface area contributed by atoms with Crippen molar-refractivity contribution in [2.75, 3.05) is 18.9 Å². The second kappa shape index (κ2) is 10.6. The molecule has 0 bridgehead atoms. The van der Waals surface area contributed by atoms with Crippen LogP contribution in [0.2, 0.25) is 0 Å². The average molecular weight is 639 g/mol. The van der Waals surface area contributed by atoms with Gasteiger partial charge in [0.15, 0.2) is 36.3 Å². The Bertz CT molecular complexity index is 1720. The molecule has 0 aromatic carbocycles. The van der Waals surface area contributed by atoms with Crippen LogP contribution in [-0.2, 0) is 36.7 Å². The number of fused-ring (bicyclic) bond motifs is 3. The summed E-state index contributed by atoms with van der Waals surface area (Å²) in [7, 11) is -10.3. The molecular formula is C19H21F2N7O12P2. The molecule has 3 aromatic rings. The maximum atomic E-state index is 15.7. The van der Waals surface area contributed by atoms with Gasteiger partial charge in [-0.2, -0.15) is 0 Å². The van der Waals surface area contributed by atoms with Gasteiger partial charge in [0.1, 0.15) is 36.3 Å². The third-order valence-corrected chi connectivity index (χ3v) is 8.60. The molecule has 42 heavy (non-hydrogen) atoms. The van der Waals surface area contributed by atoms with Gasteiger partial charge in [-0.3, -0.25) is 37.0 Å². The Morgan fingerprint density at radius 3 is 2.07 bits per heavy atom. The van der Waals surface area contributed by atoms with Crippen LogP contribution in [0.5, 0.6) is 0 Å². The minimum absolute atomic E-state index is 0.0172. The predicted octanol–water partition coefficient (Wildman–Crippen LogP) is -0.552. The van der Waals surface area contributed by atoms with Crippen molar-refractivity contribution >= 4 is 32.6 Å². The summed E-state index contributed by atoms with van der Waals surface area (Å²) in [5.41, 5.74) is 4.04. The molecule has 0 saturated carbocycles. The molecule has 0 amide bonds. The number of halogens is 2. The number of H-pyrrole nitrogens is 1. The summed E-state index contributed by atoms with van der Waals surface area (Å²) < 4.78 is 89.6. The number of rotatable bonds is 2. The molecule has 3 aliphatic heterocycles. The van der Waals surface area contributed by atoms with E-state index >= 15 is 8.78 Å². The zero-order valence-corrected chi connectivity index (χ0v) is 22.6. The quantitative estimate of drug-likeness (QED) is 0.257. The number of phosphoric ester groups is 2. The third-order valence-electron chi connectivity index (χ3n) is 6.63. The highest BCUT2D eigenvalue weighted by molar-refractivity contribution is 7.47. The second-order valence-electron chi connectivity index (χ2n) is 9.29. The first-order valence-electron chi connectivity index (χ1n) is 12.0. The minimum Gasteiger partial charge on any atom is -0.382 e. The summed E-state index contributed by atoms with van der Waals surface area (Å²) in [4.78, 5) is 58.0. The number of anilines is 1. The van der Waals surface area contributed by atoms with E-state index in [1.807, 2.05) is 4.98 Å². The van der Waals surface area contributed by atoms with Gasteiger partial charge in [0, 0.05) is 12.3 Å². The SMILES string of the molecule is Nc1ncnc2c1ncn2[C@@H]1O[C@@H]2COP(=O)(O)O[C@H]3[C@@H](F)[C@H](n4ccc(=O)[nH]c4=O)O[C@@H]3COP(=O)(O)O[C@H]2[C@H]1F. The molecule has 6 heterocycles. The Hall–Kier alpha value is -2.97. The molecule has 6 rings (SSSR count). The van der Waals surface area contributed by atoms with E-state index in [-0.39, 0.29) is 17.0 Å². The summed E-state index contributed by atoms with van der Waals surface area (Å²) in [5, 5.41) is 0. The molecule has 0 aliphatic carbocycles. The van der Waals surface area contributed by atoms with Gasteiger partial charge in [0.2, 0.25) is 0 Å². The summed E-state index contributed by atoms with van der Waals surface area (Å²) in [6, 6.07) is 0.892. The van der Waals surface area contributed by atoms with Crippen molar-refractivity contribution in [2.24, 2.45) is 0 Å². The van der Waals surface area contributed by atoms with Gasteiger partial charge in [0.05, 0.1) is 19.5 Å². The van der Waals surface area contributed by atoms with E-state index < -0.39 is 89.3 Å².